The Labute approximate surface area is 130 Å². The first-order valence-electron chi connectivity index (χ1n) is 7.13. The van der Waals surface area contributed by atoms with Crippen molar-refractivity contribution in [1.29, 1.82) is 0 Å². The largest absolute Gasteiger partial charge is 0.496 e. The van der Waals surface area contributed by atoms with Crippen molar-refractivity contribution in [3.8, 4) is 5.75 Å². The minimum absolute atomic E-state index is 0.342. The third kappa shape index (κ3) is 3.96. The second-order valence-corrected chi connectivity index (χ2v) is 6.29. The molecule has 0 unspecified atom stereocenters. The Balaban J connectivity index is 1.99. The lowest BCUT2D eigenvalue weighted by Crippen LogP contribution is -2.41. The Hall–Kier alpha value is -0.580. The maximum absolute atomic E-state index is 5.50. The summed E-state index contributed by atoms with van der Waals surface area (Å²) in [7, 11) is 3.92. The number of rotatable bonds is 6. The molecule has 1 aromatic rings. The second kappa shape index (κ2) is 7.43. The monoisotopic (exact) mass is 341 g/mol. The van der Waals surface area contributed by atoms with Gasteiger partial charge in [0.25, 0.3) is 0 Å². The van der Waals surface area contributed by atoms with Crippen LogP contribution in [0.4, 0.5) is 0 Å². The van der Waals surface area contributed by atoms with E-state index in [1.54, 1.807) is 7.11 Å². The first kappa shape index (κ1) is 15.8. The minimum atomic E-state index is 0.342. The van der Waals surface area contributed by atoms with Gasteiger partial charge in [0, 0.05) is 37.2 Å². The highest BCUT2D eigenvalue weighted by Crippen LogP contribution is 2.33. The molecular weight excluding hydrogens is 318 g/mol. The average molecular weight is 342 g/mol. The van der Waals surface area contributed by atoms with Gasteiger partial charge >= 0.3 is 0 Å². The van der Waals surface area contributed by atoms with Crippen LogP contribution in [0.2, 0.25) is 0 Å². The van der Waals surface area contributed by atoms with Crippen LogP contribution in [-0.4, -0.2) is 44.1 Å². The molecule has 112 valence electrons. The number of methoxy groups -OCH3 is 1. The van der Waals surface area contributed by atoms with Gasteiger partial charge in [-0.05, 0) is 31.4 Å². The van der Waals surface area contributed by atoms with Crippen LogP contribution in [-0.2, 0) is 11.3 Å². The number of alkyl halides is 1. The van der Waals surface area contributed by atoms with Gasteiger partial charge in [0.1, 0.15) is 5.75 Å². The maximum Gasteiger partial charge on any atom is 0.123 e. The molecule has 1 heterocycles. The summed E-state index contributed by atoms with van der Waals surface area (Å²) in [5.41, 5.74) is 1.59. The zero-order valence-electron chi connectivity index (χ0n) is 12.4. The Bertz CT molecular complexity index is 419. The molecule has 1 aliphatic heterocycles. The van der Waals surface area contributed by atoms with Crippen molar-refractivity contribution >= 4 is 15.9 Å². The van der Waals surface area contributed by atoms with E-state index in [1.165, 1.54) is 5.56 Å². The Morgan fingerprint density at radius 2 is 2.00 bits per heavy atom. The second-order valence-electron chi connectivity index (χ2n) is 5.73. The lowest BCUT2D eigenvalue weighted by Gasteiger charge is -2.38. The molecule has 1 fully saturated rings. The summed E-state index contributed by atoms with van der Waals surface area (Å²) in [4.78, 5) is 2.39. The molecule has 0 N–H and O–H groups in total. The number of nitrogens with zero attached hydrogens (tertiary/aromatic N) is 1. The van der Waals surface area contributed by atoms with E-state index in [1.807, 2.05) is 12.1 Å². The van der Waals surface area contributed by atoms with E-state index in [0.717, 1.165) is 50.2 Å². The predicted octanol–water partition coefficient (Wildman–Crippen LogP) is 3.32. The summed E-state index contributed by atoms with van der Waals surface area (Å²) >= 11 is 3.70. The van der Waals surface area contributed by atoms with Gasteiger partial charge in [-0.15, -0.1) is 0 Å². The third-order valence-electron chi connectivity index (χ3n) is 4.08. The Morgan fingerprint density at radius 1 is 1.30 bits per heavy atom. The van der Waals surface area contributed by atoms with Crippen LogP contribution in [0.5, 0.6) is 5.75 Å². The van der Waals surface area contributed by atoms with E-state index in [4.69, 9.17) is 9.47 Å². The third-order valence-corrected chi connectivity index (χ3v) is 5.26. The fourth-order valence-corrected chi connectivity index (χ4v) is 3.63. The molecule has 0 aliphatic carbocycles. The van der Waals surface area contributed by atoms with E-state index in [0.29, 0.717) is 5.41 Å². The quantitative estimate of drug-likeness (QED) is 0.741. The molecule has 2 rings (SSSR count). The standard InChI is InChI=1S/C16H24BrNO2/c1-18(11-14-5-3-4-6-15(14)19-2)13-16(12-17)7-9-20-10-8-16/h3-6H,7-13H2,1-2H3. The van der Waals surface area contributed by atoms with Gasteiger partial charge in [0.15, 0.2) is 0 Å². The molecule has 0 aromatic heterocycles. The highest BCUT2D eigenvalue weighted by atomic mass is 79.9. The molecule has 1 aromatic carbocycles. The predicted molar refractivity (Wildman–Crippen MR) is 85.6 cm³/mol. The topological polar surface area (TPSA) is 21.7 Å². The van der Waals surface area contributed by atoms with Gasteiger partial charge in [-0.1, -0.05) is 34.1 Å². The van der Waals surface area contributed by atoms with Crippen molar-refractivity contribution in [2.24, 2.45) is 5.41 Å². The number of benzene rings is 1. The highest BCUT2D eigenvalue weighted by molar-refractivity contribution is 9.09. The normalized spacial score (nSPS) is 18.2. The highest BCUT2D eigenvalue weighted by Gasteiger charge is 2.32. The lowest BCUT2D eigenvalue weighted by molar-refractivity contribution is 0.0109. The maximum atomic E-state index is 5.50. The molecule has 0 radical (unpaired) electrons. The zero-order valence-corrected chi connectivity index (χ0v) is 14.0. The molecule has 0 saturated carbocycles. The fourth-order valence-electron chi connectivity index (χ4n) is 2.89. The fraction of sp³-hybridized carbons (Fsp3) is 0.625. The molecule has 3 nitrogen and oxygen atoms in total. The Morgan fingerprint density at radius 3 is 2.65 bits per heavy atom. The van der Waals surface area contributed by atoms with Crippen molar-refractivity contribution in [3.63, 3.8) is 0 Å². The molecule has 0 amide bonds. The first-order chi connectivity index (χ1) is 9.69. The lowest BCUT2D eigenvalue weighted by atomic mass is 9.82. The van der Waals surface area contributed by atoms with E-state index in [-0.39, 0.29) is 0 Å². The molecule has 1 aliphatic rings. The average Bonchev–Trinajstić information content (AvgIpc) is 2.48. The zero-order chi connectivity index (χ0) is 14.4. The van der Waals surface area contributed by atoms with E-state index >= 15 is 0 Å². The van der Waals surface area contributed by atoms with Crippen molar-refractivity contribution in [2.45, 2.75) is 19.4 Å². The van der Waals surface area contributed by atoms with Gasteiger partial charge in [-0.3, -0.25) is 0 Å². The number of hydrogen-bond acceptors (Lipinski definition) is 3. The van der Waals surface area contributed by atoms with Gasteiger partial charge in [-0.2, -0.15) is 0 Å². The van der Waals surface area contributed by atoms with Crippen molar-refractivity contribution in [2.75, 3.05) is 39.2 Å². The summed E-state index contributed by atoms with van der Waals surface area (Å²) in [5.74, 6) is 0.971. The molecule has 1 saturated heterocycles. The van der Waals surface area contributed by atoms with Gasteiger partial charge < -0.3 is 14.4 Å². The molecule has 20 heavy (non-hydrogen) atoms. The van der Waals surface area contributed by atoms with E-state index in [9.17, 15) is 0 Å². The summed E-state index contributed by atoms with van der Waals surface area (Å²) in [6, 6.07) is 8.25. The molecule has 0 atom stereocenters. The number of hydrogen-bond donors (Lipinski definition) is 0. The van der Waals surface area contributed by atoms with Gasteiger partial charge in [0.05, 0.1) is 7.11 Å². The molecule has 0 spiro atoms. The van der Waals surface area contributed by atoms with Crippen LogP contribution < -0.4 is 4.74 Å². The summed E-state index contributed by atoms with van der Waals surface area (Å²) < 4.78 is 10.9. The number of ether oxygens (including phenoxy) is 2. The minimum Gasteiger partial charge on any atom is -0.496 e. The van der Waals surface area contributed by atoms with Crippen molar-refractivity contribution in [1.82, 2.24) is 4.90 Å². The van der Waals surface area contributed by atoms with Crippen LogP contribution in [0.3, 0.4) is 0 Å². The van der Waals surface area contributed by atoms with Crippen LogP contribution in [0.1, 0.15) is 18.4 Å². The number of para-hydroxylation sites is 1. The summed E-state index contributed by atoms with van der Waals surface area (Å²) in [6.45, 7) is 3.77. The summed E-state index contributed by atoms with van der Waals surface area (Å²) in [5, 5.41) is 1.04. The molecule has 0 bridgehead atoms. The van der Waals surface area contributed by atoms with Crippen LogP contribution in [0.25, 0.3) is 0 Å². The smallest absolute Gasteiger partial charge is 0.123 e. The van der Waals surface area contributed by atoms with Gasteiger partial charge in [0.2, 0.25) is 0 Å². The molecular formula is C16H24BrNO2. The SMILES string of the molecule is COc1ccccc1CN(C)CC1(CBr)CCOCC1. The van der Waals surface area contributed by atoms with E-state index in [2.05, 4.69) is 40.0 Å². The van der Waals surface area contributed by atoms with Crippen molar-refractivity contribution in [3.05, 3.63) is 29.8 Å². The first-order valence-corrected chi connectivity index (χ1v) is 8.25. The van der Waals surface area contributed by atoms with Crippen LogP contribution in [0.15, 0.2) is 24.3 Å². The van der Waals surface area contributed by atoms with Crippen LogP contribution in [0, 0.1) is 5.41 Å². The van der Waals surface area contributed by atoms with Crippen LogP contribution >= 0.6 is 15.9 Å². The Kier molecular flexibility index (Phi) is 5.87. The van der Waals surface area contributed by atoms with Crippen molar-refractivity contribution < 1.29 is 9.47 Å². The molecule has 4 heteroatoms. The number of halogens is 1. The van der Waals surface area contributed by atoms with E-state index < -0.39 is 0 Å². The summed E-state index contributed by atoms with van der Waals surface area (Å²) in [6.07, 6.45) is 2.27. The van der Waals surface area contributed by atoms with Gasteiger partial charge in [-0.25, -0.2) is 0 Å².